The number of rotatable bonds is 8. The molecule has 2 N–H and O–H groups in total. The molecule has 2 atom stereocenters. The maximum absolute atomic E-state index is 12.3. The van der Waals surface area contributed by atoms with Gasteiger partial charge in [-0.05, 0) is 73.2 Å². The summed E-state index contributed by atoms with van der Waals surface area (Å²) in [5, 5.41) is 7.43. The Morgan fingerprint density at radius 3 is 2.72 bits per heavy atom. The van der Waals surface area contributed by atoms with Gasteiger partial charge in [0.1, 0.15) is 29.9 Å². The van der Waals surface area contributed by atoms with Gasteiger partial charge in [0.25, 0.3) is 0 Å². The number of aryl methyl sites for hydroxylation is 1. The second-order valence-corrected chi connectivity index (χ2v) is 9.82. The normalized spacial score (nSPS) is 16.7. The van der Waals surface area contributed by atoms with Gasteiger partial charge in [-0.3, -0.25) is 9.78 Å². The molecule has 1 amide bonds. The first-order chi connectivity index (χ1) is 18.9. The number of methoxy groups -OCH3 is 2. The number of furan rings is 1. The number of ether oxygens (including phenoxy) is 2. The molecule has 2 aromatic carbocycles. The summed E-state index contributed by atoms with van der Waals surface area (Å²) >= 11 is 12.2. The van der Waals surface area contributed by atoms with E-state index in [4.69, 9.17) is 37.7 Å². The van der Waals surface area contributed by atoms with E-state index in [1.807, 2.05) is 72.5 Å². The molecule has 4 aromatic rings. The third kappa shape index (κ3) is 5.47. The largest absolute Gasteiger partial charge is 0.495 e. The zero-order valence-electron chi connectivity index (χ0n) is 21.6. The third-order valence-corrected chi connectivity index (χ3v) is 7.21. The Bertz CT molecular complexity index is 1510. The minimum atomic E-state index is -0.377. The number of anilines is 2. The molecule has 200 valence electrons. The Labute approximate surface area is 236 Å². The molecule has 0 spiro atoms. The highest BCUT2D eigenvalue weighted by Gasteiger charge is 2.42. The van der Waals surface area contributed by atoms with E-state index in [-0.39, 0.29) is 24.6 Å². The Morgan fingerprint density at radius 1 is 1.15 bits per heavy atom. The lowest BCUT2D eigenvalue weighted by molar-refractivity contribution is -0.119. The van der Waals surface area contributed by atoms with Gasteiger partial charge in [-0.25, -0.2) is 0 Å². The molecule has 0 radical (unpaired) electrons. The number of carbonyl (C=O) groups is 1. The quantitative estimate of drug-likeness (QED) is 0.250. The fourth-order valence-electron chi connectivity index (χ4n) is 4.60. The highest BCUT2D eigenvalue weighted by Crippen LogP contribution is 2.44. The van der Waals surface area contributed by atoms with E-state index in [0.29, 0.717) is 33.1 Å². The lowest BCUT2D eigenvalue weighted by Gasteiger charge is -2.27. The lowest BCUT2D eigenvalue weighted by Crippen LogP contribution is -2.29. The Hall–Kier alpha value is -3.92. The van der Waals surface area contributed by atoms with Crippen LogP contribution < -0.4 is 20.3 Å². The van der Waals surface area contributed by atoms with Gasteiger partial charge in [-0.2, -0.15) is 0 Å². The predicted octanol–water partition coefficient (Wildman–Crippen LogP) is 6.07. The molecule has 1 fully saturated rings. The van der Waals surface area contributed by atoms with Gasteiger partial charge in [0.05, 0.1) is 24.5 Å². The van der Waals surface area contributed by atoms with Crippen molar-refractivity contribution in [1.82, 2.24) is 10.3 Å². The molecule has 3 heterocycles. The Balaban J connectivity index is 1.58. The Kier molecular flexibility index (Phi) is 7.83. The van der Waals surface area contributed by atoms with Gasteiger partial charge in [0, 0.05) is 29.6 Å². The van der Waals surface area contributed by atoms with Gasteiger partial charge in [-0.15, -0.1) is 0 Å². The van der Waals surface area contributed by atoms with Crippen LogP contribution in [0.15, 0.2) is 77.3 Å². The maximum Gasteiger partial charge on any atom is 0.250 e. The average molecular weight is 563 g/mol. The van der Waals surface area contributed by atoms with E-state index in [1.54, 1.807) is 19.4 Å². The summed E-state index contributed by atoms with van der Waals surface area (Å²) < 4.78 is 16.9. The van der Waals surface area contributed by atoms with Crippen LogP contribution in [0.1, 0.15) is 29.1 Å². The van der Waals surface area contributed by atoms with Crippen LogP contribution in [0.4, 0.5) is 11.4 Å². The van der Waals surface area contributed by atoms with Crippen molar-refractivity contribution >= 4 is 46.2 Å². The van der Waals surface area contributed by atoms with Crippen LogP contribution in [-0.4, -0.2) is 36.8 Å². The van der Waals surface area contributed by atoms with E-state index in [0.717, 1.165) is 22.5 Å². The molecule has 1 aliphatic rings. The molecule has 1 aliphatic heterocycles. The van der Waals surface area contributed by atoms with Crippen molar-refractivity contribution in [2.45, 2.75) is 19.0 Å². The van der Waals surface area contributed by atoms with E-state index >= 15 is 0 Å². The predicted molar refractivity (Wildman–Crippen MR) is 155 cm³/mol. The zero-order chi connectivity index (χ0) is 27.5. The van der Waals surface area contributed by atoms with Crippen LogP contribution in [-0.2, 0) is 9.53 Å². The minimum absolute atomic E-state index is 0.0837. The van der Waals surface area contributed by atoms with Crippen molar-refractivity contribution in [2.24, 2.45) is 0 Å². The lowest BCUT2D eigenvalue weighted by atomic mass is 10.0. The number of hydrogen-bond acceptors (Lipinski definition) is 6. The molecule has 2 aromatic heterocycles. The van der Waals surface area contributed by atoms with Gasteiger partial charge in [-0.1, -0.05) is 29.8 Å². The van der Waals surface area contributed by atoms with Crippen molar-refractivity contribution in [1.29, 1.82) is 0 Å². The molecule has 0 aliphatic carbocycles. The molecular weight excluding hydrogens is 536 g/mol. The molecule has 0 saturated carbocycles. The number of thiocarbonyl (C=S) groups is 1. The summed E-state index contributed by atoms with van der Waals surface area (Å²) in [5.41, 5.74) is 3.91. The third-order valence-electron chi connectivity index (χ3n) is 6.48. The summed E-state index contributed by atoms with van der Waals surface area (Å²) in [6.07, 6.45) is 1.75. The number of nitrogens with one attached hydrogen (secondary N) is 2. The van der Waals surface area contributed by atoms with Gasteiger partial charge >= 0.3 is 0 Å². The van der Waals surface area contributed by atoms with E-state index < -0.39 is 0 Å². The van der Waals surface area contributed by atoms with Gasteiger partial charge in [0.15, 0.2) is 5.11 Å². The van der Waals surface area contributed by atoms with Crippen LogP contribution in [0.3, 0.4) is 0 Å². The highest BCUT2D eigenvalue weighted by molar-refractivity contribution is 7.80. The number of benzene rings is 2. The van der Waals surface area contributed by atoms with Crippen LogP contribution >= 0.6 is 23.8 Å². The molecule has 8 nitrogen and oxygen atoms in total. The topological polar surface area (TPSA) is 88.9 Å². The standard InChI is InChI=1S/C29H27ClN4O4S/c1-17-7-8-18(14-20(17)30)23-11-12-25(38-23)28-27(21-6-4-5-13-31-21)33-29(39)34(28)19-9-10-24(37-3)22(15-19)32-26(35)16-36-2/h4-15,27-28H,16H2,1-3H3,(H,32,35)(H,33,39)/t27-,28+/m0/s1. The number of halogens is 1. The number of hydrogen-bond donors (Lipinski definition) is 2. The summed E-state index contributed by atoms with van der Waals surface area (Å²) in [7, 11) is 3.01. The molecule has 1 saturated heterocycles. The van der Waals surface area contributed by atoms with Crippen molar-refractivity contribution in [2.75, 3.05) is 31.0 Å². The summed E-state index contributed by atoms with van der Waals surface area (Å²) in [6, 6.07) is 20.3. The summed E-state index contributed by atoms with van der Waals surface area (Å²) in [6.45, 7) is 1.88. The van der Waals surface area contributed by atoms with Crippen molar-refractivity contribution in [3.63, 3.8) is 0 Å². The molecule has 0 unspecified atom stereocenters. The first-order valence-electron chi connectivity index (χ1n) is 12.2. The van der Waals surface area contributed by atoms with Crippen LogP contribution in [0.2, 0.25) is 5.02 Å². The Morgan fingerprint density at radius 2 is 2.00 bits per heavy atom. The summed E-state index contributed by atoms with van der Waals surface area (Å²) in [4.78, 5) is 18.9. The average Bonchev–Trinajstić information content (AvgIpc) is 3.55. The summed E-state index contributed by atoms with van der Waals surface area (Å²) in [5.74, 6) is 1.58. The number of aromatic nitrogens is 1. The van der Waals surface area contributed by atoms with Crippen molar-refractivity contribution < 1.29 is 18.7 Å². The molecular formula is C29H27ClN4O4S. The molecule has 5 rings (SSSR count). The smallest absolute Gasteiger partial charge is 0.250 e. The van der Waals surface area contributed by atoms with Crippen LogP contribution in [0, 0.1) is 6.92 Å². The SMILES string of the molecule is COCC(=O)Nc1cc(N2C(=S)N[C@@H](c3ccccn3)[C@H]2c2ccc(-c3ccc(C)c(Cl)c3)o2)ccc1OC. The second-order valence-electron chi connectivity index (χ2n) is 9.03. The van der Waals surface area contributed by atoms with E-state index in [2.05, 4.69) is 15.6 Å². The molecule has 39 heavy (non-hydrogen) atoms. The van der Waals surface area contributed by atoms with Gasteiger partial charge in [0.2, 0.25) is 5.91 Å². The zero-order valence-corrected chi connectivity index (χ0v) is 23.2. The fourth-order valence-corrected chi connectivity index (χ4v) is 5.12. The highest BCUT2D eigenvalue weighted by atomic mass is 35.5. The number of pyridine rings is 1. The maximum atomic E-state index is 12.3. The fraction of sp³-hybridized carbons (Fsp3) is 0.207. The first kappa shape index (κ1) is 26.7. The monoisotopic (exact) mass is 562 g/mol. The molecule has 0 bridgehead atoms. The minimum Gasteiger partial charge on any atom is -0.495 e. The number of carbonyl (C=O) groups excluding carboxylic acids is 1. The van der Waals surface area contributed by atoms with Gasteiger partial charge < -0.3 is 29.4 Å². The second kappa shape index (κ2) is 11.4. The number of amides is 1. The van der Waals surface area contributed by atoms with Crippen molar-refractivity contribution in [3.05, 3.63) is 95.0 Å². The van der Waals surface area contributed by atoms with E-state index in [9.17, 15) is 4.79 Å². The molecule has 10 heteroatoms. The number of nitrogens with zero attached hydrogens (tertiary/aromatic N) is 2. The van der Waals surface area contributed by atoms with Crippen LogP contribution in [0.25, 0.3) is 11.3 Å². The van der Waals surface area contributed by atoms with E-state index in [1.165, 1.54) is 7.11 Å². The van der Waals surface area contributed by atoms with Crippen LogP contribution in [0.5, 0.6) is 5.75 Å². The first-order valence-corrected chi connectivity index (χ1v) is 13.0. The van der Waals surface area contributed by atoms with Crippen molar-refractivity contribution in [3.8, 4) is 17.1 Å².